The fourth-order valence-corrected chi connectivity index (χ4v) is 7.00. The average molecular weight is 613 g/mol. The first-order valence-corrected chi connectivity index (χ1v) is 16.4. The van der Waals surface area contributed by atoms with Crippen molar-refractivity contribution >= 4 is 44.3 Å². The largest absolute Gasteiger partial charge is 0.315 e. The van der Waals surface area contributed by atoms with Crippen LogP contribution in [-0.4, -0.2) is 4.40 Å². The Bertz CT molecular complexity index is 2470. The van der Waals surface area contributed by atoms with Crippen molar-refractivity contribution in [2.75, 3.05) is 4.90 Å². The quantitative estimate of drug-likeness (QED) is 0.181. The van der Waals surface area contributed by atoms with Gasteiger partial charge in [0.25, 0.3) is 0 Å². The van der Waals surface area contributed by atoms with E-state index in [1.54, 1.807) is 0 Å². The summed E-state index contributed by atoms with van der Waals surface area (Å²) in [5, 5.41) is 3.75. The van der Waals surface area contributed by atoms with Crippen molar-refractivity contribution in [1.29, 1.82) is 0 Å². The number of anilines is 3. The van der Waals surface area contributed by atoms with Crippen LogP contribution < -0.4 is 4.90 Å². The number of aromatic nitrogens is 1. The van der Waals surface area contributed by atoms with Crippen molar-refractivity contribution in [3.63, 3.8) is 0 Å². The van der Waals surface area contributed by atoms with Crippen LogP contribution in [0.2, 0.25) is 0 Å². The number of rotatable bonds is 6. The summed E-state index contributed by atoms with van der Waals surface area (Å²) in [4.78, 5) is 2.29. The van der Waals surface area contributed by atoms with Gasteiger partial charge in [0, 0.05) is 34.2 Å². The number of para-hydroxylation sites is 2. The minimum atomic E-state index is 1.13. The highest BCUT2D eigenvalue weighted by Crippen LogP contribution is 2.39. The fourth-order valence-electron chi connectivity index (χ4n) is 7.00. The van der Waals surface area contributed by atoms with Gasteiger partial charge in [-0.1, -0.05) is 140 Å². The first-order chi connectivity index (χ1) is 23.8. The monoisotopic (exact) mass is 612 g/mol. The minimum absolute atomic E-state index is 1.13. The van der Waals surface area contributed by atoms with Crippen LogP contribution >= 0.6 is 0 Å². The molecule has 9 rings (SSSR count). The topological polar surface area (TPSA) is 7.65 Å². The van der Waals surface area contributed by atoms with Crippen LogP contribution in [-0.2, 0) is 0 Å². The Labute approximate surface area is 280 Å². The second kappa shape index (κ2) is 11.8. The lowest BCUT2D eigenvalue weighted by Gasteiger charge is -2.25. The van der Waals surface area contributed by atoms with Gasteiger partial charge in [-0.15, -0.1) is 0 Å². The Morgan fingerprint density at radius 2 is 0.812 bits per heavy atom. The Morgan fingerprint density at radius 3 is 1.44 bits per heavy atom. The molecule has 0 radical (unpaired) electrons. The van der Waals surface area contributed by atoms with Gasteiger partial charge in [0.15, 0.2) is 0 Å². The molecule has 0 bridgehead atoms. The van der Waals surface area contributed by atoms with Crippen molar-refractivity contribution < 1.29 is 0 Å². The van der Waals surface area contributed by atoms with Gasteiger partial charge >= 0.3 is 0 Å². The lowest BCUT2D eigenvalue weighted by atomic mass is 9.98. The molecule has 0 fully saturated rings. The zero-order valence-electron chi connectivity index (χ0n) is 26.4. The van der Waals surface area contributed by atoms with Gasteiger partial charge in [-0.05, 0) is 87.1 Å². The van der Waals surface area contributed by atoms with E-state index in [1.165, 1.54) is 60.6 Å². The summed E-state index contributed by atoms with van der Waals surface area (Å²) in [5.74, 6) is 0. The highest BCUT2D eigenvalue weighted by Gasteiger charge is 2.16. The molecule has 2 aromatic heterocycles. The number of benzene rings is 7. The van der Waals surface area contributed by atoms with E-state index in [0.29, 0.717) is 0 Å². The molecular formula is C46H32N2. The maximum atomic E-state index is 2.37. The highest BCUT2D eigenvalue weighted by atomic mass is 15.1. The van der Waals surface area contributed by atoms with Gasteiger partial charge in [-0.3, -0.25) is 0 Å². The van der Waals surface area contributed by atoms with E-state index in [4.69, 9.17) is 0 Å². The molecule has 48 heavy (non-hydrogen) atoms. The second-order valence-electron chi connectivity index (χ2n) is 12.3. The Kier molecular flexibility index (Phi) is 6.84. The Hall–Kier alpha value is -6.38. The third-order valence-corrected chi connectivity index (χ3v) is 9.37. The van der Waals surface area contributed by atoms with Crippen LogP contribution in [0.5, 0.6) is 0 Å². The second-order valence-corrected chi connectivity index (χ2v) is 12.3. The summed E-state index contributed by atoms with van der Waals surface area (Å²) in [7, 11) is 0. The molecule has 0 saturated carbocycles. The predicted octanol–water partition coefficient (Wildman–Crippen LogP) is 12.7. The van der Waals surface area contributed by atoms with Crippen molar-refractivity contribution in [2.45, 2.75) is 0 Å². The number of pyridine rings is 1. The van der Waals surface area contributed by atoms with Gasteiger partial charge in [0.05, 0.1) is 11.0 Å². The number of nitrogens with zero attached hydrogens (tertiary/aromatic N) is 2. The van der Waals surface area contributed by atoms with E-state index in [9.17, 15) is 0 Å². The first-order valence-electron chi connectivity index (χ1n) is 16.4. The first kappa shape index (κ1) is 27.9. The molecule has 0 atom stereocenters. The molecule has 0 N–H and O–H groups in total. The van der Waals surface area contributed by atoms with Crippen LogP contribution in [0.15, 0.2) is 194 Å². The SMILES string of the molecule is c1ccc(-c2c3ccc(-c4ccc(-c5ccc(N(c6ccccc6)c6ccccc6)cc5)cc4)cc3n3cc4ccccc4cc23)cc1. The number of hydrogen-bond donors (Lipinski definition) is 0. The van der Waals surface area contributed by atoms with Crippen LogP contribution in [0.4, 0.5) is 17.1 Å². The average Bonchev–Trinajstić information content (AvgIpc) is 3.48. The molecule has 0 unspecified atom stereocenters. The zero-order valence-corrected chi connectivity index (χ0v) is 26.4. The summed E-state index contributed by atoms with van der Waals surface area (Å²) in [6.07, 6.45) is 2.28. The van der Waals surface area contributed by atoms with Gasteiger partial charge < -0.3 is 9.30 Å². The summed E-state index contributed by atoms with van der Waals surface area (Å²) in [6.45, 7) is 0. The van der Waals surface area contributed by atoms with E-state index < -0.39 is 0 Å². The van der Waals surface area contributed by atoms with Gasteiger partial charge in [-0.2, -0.15) is 0 Å². The van der Waals surface area contributed by atoms with Crippen molar-refractivity contribution in [3.8, 4) is 33.4 Å². The fraction of sp³-hybridized carbons (Fsp3) is 0. The maximum Gasteiger partial charge on any atom is 0.0547 e. The van der Waals surface area contributed by atoms with E-state index in [1.807, 2.05) is 0 Å². The van der Waals surface area contributed by atoms with E-state index in [0.717, 1.165) is 17.1 Å². The molecule has 9 aromatic rings. The predicted molar refractivity (Wildman–Crippen MR) is 203 cm³/mol. The van der Waals surface area contributed by atoms with Crippen molar-refractivity contribution in [2.24, 2.45) is 0 Å². The molecule has 7 aromatic carbocycles. The zero-order chi connectivity index (χ0) is 31.9. The maximum absolute atomic E-state index is 2.37. The molecule has 0 aliphatic heterocycles. The minimum Gasteiger partial charge on any atom is -0.315 e. The summed E-state index contributed by atoms with van der Waals surface area (Å²) >= 11 is 0. The molecule has 2 nitrogen and oxygen atoms in total. The highest BCUT2D eigenvalue weighted by molar-refractivity contribution is 6.09. The summed E-state index contributed by atoms with van der Waals surface area (Å²) in [5.41, 5.74) is 13.2. The van der Waals surface area contributed by atoms with Gasteiger partial charge in [-0.25, -0.2) is 0 Å². The molecule has 0 saturated heterocycles. The smallest absolute Gasteiger partial charge is 0.0547 e. The standard InChI is InChI=1S/C46H32N2/c1-4-12-36(13-5-1)46-43-29-26-38(30-44(43)47-32-39-15-11-10-14-37(39)31-45(46)47)35-22-20-33(21-23-35)34-24-27-42(28-25-34)48(40-16-6-2-7-17-40)41-18-8-3-9-19-41/h1-32H. The molecule has 0 aliphatic carbocycles. The normalized spacial score (nSPS) is 11.3. The third-order valence-electron chi connectivity index (χ3n) is 9.37. The Balaban J connectivity index is 1.07. The van der Waals surface area contributed by atoms with Crippen LogP contribution in [0.1, 0.15) is 0 Å². The van der Waals surface area contributed by atoms with E-state index in [2.05, 4.69) is 204 Å². The molecular weight excluding hydrogens is 581 g/mol. The number of hydrogen-bond acceptors (Lipinski definition) is 1. The van der Waals surface area contributed by atoms with Gasteiger partial charge in [0.1, 0.15) is 0 Å². The molecule has 226 valence electrons. The lowest BCUT2D eigenvalue weighted by molar-refractivity contribution is 1.28. The van der Waals surface area contributed by atoms with Gasteiger partial charge in [0.2, 0.25) is 0 Å². The van der Waals surface area contributed by atoms with Crippen LogP contribution in [0.25, 0.3) is 60.6 Å². The summed E-state index contributed by atoms with van der Waals surface area (Å²) in [6, 6.07) is 67.5. The summed E-state index contributed by atoms with van der Waals surface area (Å²) < 4.78 is 2.37. The van der Waals surface area contributed by atoms with Crippen LogP contribution in [0, 0.1) is 0 Å². The van der Waals surface area contributed by atoms with E-state index in [-0.39, 0.29) is 0 Å². The third kappa shape index (κ3) is 4.92. The van der Waals surface area contributed by atoms with Crippen molar-refractivity contribution in [1.82, 2.24) is 4.40 Å². The lowest BCUT2D eigenvalue weighted by Crippen LogP contribution is -2.09. The molecule has 0 aliphatic rings. The molecule has 2 heterocycles. The van der Waals surface area contributed by atoms with Crippen LogP contribution in [0.3, 0.4) is 0 Å². The Morgan fingerprint density at radius 1 is 0.333 bits per heavy atom. The van der Waals surface area contributed by atoms with Crippen molar-refractivity contribution in [3.05, 3.63) is 194 Å². The molecule has 0 amide bonds. The molecule has 2 heteroatoms. The molecule has 0 spiro atoms. The van der Waals surface area contributed by atoms with E-state index >= 15 is 0 Å². The number of fused-ring (bicyclic) bond motifs is 4.